The number of rotatable bonds is 4. The number of amides is 2. The number of aromatic nitrogens is 4. The number of hydrogen-bond donors (Lipinski definition) is 2. The lowest BCUT2D eigenvalue weighted by Gasteiger charge is -2.15. The van der Waals surface area contributed by atoms with Gasteiger partial charge in [0.2, 0.25) is 0 Å². The quantitative estimate of drug-likeness (QED) is 0.749. The molecule has 1 aromatic heterocycles. The standard InChI is InChI=1S/C17H17ClN6O/c1-11(13-5-3-6-14(18)9-13)19-17(25)20-15-7-4-8-16(10-15)24-12(2)21-22-23-24/h3-11H,1-2H3,(H2,19,20,25)/t11-/m1/s1. The second-order valence-electron chi connectivity index (χ2n) is 5.56. The summed E-state index contributed by atoms with van der Waals surface area (Å²) in [5, 5.41) is 17.7. The molecule has 0 radical (unpaired) electrons. The molecule has 0 unspecified atom stereocenters. The second-order valence-corrected chi connectivity index (χ2v) is 6.00. The minimum absolute atomic E-state index is 0.177. The van der Waals surface area contributed by atoms with Gasteiger partial charge in [-0.05, 0) is 60.2 Å². The summed E-state index contributed by atoms with van der Waals surface area (Å²) in [5.74, 6) is 0.663. The zero-order valence-electron chi connectivity index (χ0n) is 13.8. The maximum atomic E-state index is 12.2. The fraction of sp³-hybridized carbons (Fsp3) is 0.176. The van der Waals surface area contributed by atoms with Crippen molar-refractivity contribution >= 4 is 23.3 Å². The smallest absolute Gasteiger partial charge is 0.319 e. The van der Waals surface area contributed by atoms with Crippen LogP contribution in [0.3, 0.4) is 0 Å². The molecule has 1 atom stereocenters. The first-order chi connectivity index (χ1) is 12.0. The maximum Gasteiger partial charge on any atom is 0.319 e. The van der Waals surface area contributed by atoms with Crippen molar-refractivity contribution < 1.29 is 4.79 Å². The Morgan fingerprint density at radius 3 is 2.72 bits per heavy atom. The van der Waals surface area contributed by atoms with E-state index in [-0.39, 0.29) is 12.1 Å². The highest BCUT2D eigenvalue weighted by atomic mass is 35.5. The third-order valence-corrected chi connectivity index (χ3v) is 3.91. The van der Waals surface area contributed by atoms with E-state index in [0.717, 1.165) is 11.3 Å². The van der Waals surface area contributed by atoms with Gasteiger partial charge in [0.15, 0.2) is 5.82 Å². The zero-order chi connectivity index (χ0) is 17.8. The van der Waals surface area contributed by atoms with E-state index in [0.29, 0.717) is 16.5 Å². The molecule has 0 aliphatic carbocycles. The minimum atomic E-state index is -0.307. The number of tetrazole rings is 1. The maximum absolute atomic E-state index is 12.2. The Morgan fingerprint density at radius 2 is 2.00 bits per heavy atom. The van der Waals surface area contributed by atoms with E-state index >= 15 is 0 Å². The summed E-state index contributed by atoms with van der Waals surface area (Å²) in [7, 11) is 0. The fourth-order valence-electron chi connectivity index (χ4n) is 2.41. The molecule has 0 aliphatic rings. The Labute approximate surface area is 150 Å². The first-order valence-corrected chi connectivity index (χ1v) is 8.09. The number of halogens is 1. The van der Waals surface area contributed by atoms with Crippen LogP contribution in [0.15, 0.2) is 48.5 Å². The van der Waals surface area contributed by atoms with Crippen LogP contribution in [0.5, 0.6) is 0 Å². The van der Waals surface area contributed by atoms with Crippen LogP contribution in [0, 0.1) is 6.92 Å². The molecule has 25 heavy (non-hydrogen) atoms. The van der Waals surface area contributed by atoms with Crippen LogP contribution in [-0.4, -0.2) is 26.2 Å². The first-order valence-electron chi connectivity index (χ1n) is 7.71. The molecule has 2 aromatic carbocycles. The van der Waals surface area contributed by atoms with Gasteiger partial charge in [0, 0.05) is 10.7 Å². The SMILES string of the molecule is Cc1nnnn1-c1cccc(NC(=O)N[C@H](C)c2cccc(Cl)c2)c1. The van der Waals surface area contributed by atoms with Gasteiger partial charge in [0.05, 0.1) is 11.7 Å². The van der Waals surface area contributed by atoms with Gasteiger partial charge in [0.1, 0.15) is 0 Å². The summed E-state index contributed by atoms with van der Waals surface area (Å²) in [6, 6.07) is 14.2. The monoisotopic (exact) mass is 356 g/mol. The van der Waals surface area contributed by atoms with Crippen molar-refractivity contribution in [3.63, 3.8) is 0 Å². The van der Waals surface area contributed by atoms with E-state index in [9.17, 15) is 4.79 Å². The van der Waals surface area contributed by atoms with Gasteiger partial charge in [-0.3, -0.25) is 0 Å². The number of benzene rings is 2. The molecule has 0 fully saturated rings. The molecule has 0 bridgehead atoms. The highest BCUT2D eigenvalue weighted by Gasteiger charge is 2.11. The summed E-state index contributed by atoms with van der Waals surface area (Å²) >= 11 is 5.99. The highest BCUT2D eigenvalue weighted by Crippen LogP contribution is 2.18. The lowest BCUT2D eigenvalue weighted by molar-refractivity contribution is 0.249. The Bertz CT molecular complexity index is 894. The average Bonchev–Trinajstić information content (AvgIpc) is 3.01. The molecule has 2 amide bonds. The van der Waals surface area contributed by atoms with Gasteiger partial charge in [-0.1, -0.05) is 29.8 Å². The third kappa shape index (κ3) is 4.13. The zero-order valence-corrected chi connectivity index (χ0v) is 14.5. The van der Waals surface area contributed by atoms with Gasteiger partial charge in [0.25, 0.3) is 0 Å². The van der Waals surface area contributed by atoms with E-state index in [1.807, 2.05) is 37.3 Å². The van der Waals surface area contributed by atoms with Crippen LogP contribution in [-0.2, 0) is 0 Å². The molecule has 2 N–H and O–H groups in total. The van der Waals surface area contributed by atoms with Crippen LogP contribution in [0.2, 0.25) is 5.02 Å². The van der Waals surface area contributed by atoms with Crippen LogP contribution in [0.1, 0.15) is 24.4 Å². The predicted octanol–water partition coefficient (Wildman–Crippen LogP) is 3.51. The van der Waals surface area contributed by atoms with Crippen molar-refractivity contribution in [3.05, 3.63) is 64.9 Å². The number of aryl methyl sites for hydroxylation is 1. The summed E-state index contributed by atoms with van der Waals surface area (Å²) in [4.78, 5) is 12.2. The number of anilines is 1. The van der Waals surface area contributed by atoms with Crippen LogP contribution < -0.4 is 10.6 Å². The molecule has 128 valence electrons. The van der Waals surface area contributed by atoms with Crippen molar-refractivity contribution in [2.24, 2.45) is 0 Å². The molecule has 0 aliphatic heterocycles. The van der Waals surface area contributed by atoms with Crippen molar-refractivity contribution in [3.8, 4) is 5.69 Å². The van der Waals surface area contributed by atoms with E-state index in [2.05, 4.69) is 26.2 Å². The van der Waals surface area contributed by atoms with Crippen LogP contribution in [0.4, 0.5) is 10.5 Å². The molecule has 3 aromatic rings. The summed E-state index contributed by atoms with van der Waals surface area (Å²) in [6.45, 7) is 3.70. The number of hydrogen-bond acceptors (Lipinski definition) is 4. The van der Waals surface area contributed by atoms with Gasteiger partial charge >= 0.3 is 6.03 Å². The molecular weight excluding hydrogens is 340 g/mol. The highest BCUT2D eigenvalue weighted by molar-refractivity contribution is 6.30. The van der Waals surface area contributed by atoms with Crippen LogP contribution >= 0.6 is 11.6 Å². The summed E-state index contributed by atoms with van der Waals surface area (Å²) < 4.78 is 1.59. The van der Waals surface area contributed by atoms with Crippen molar-refractivity contribution in [2.45, 2.75) is 19.9 Å². The Kier molecular flexibility index (Phi) is 4.95. The molecule has 0 saturated carbocycles. The average molecular weight is 357 g/mol. The lowest BCUT2D eigenvalue weighted by Crippen LogP contribution is -2.31. The summed E-state index contributed by atoms with van der Waals surface area (Å²) in [6.07, 6.45) is 0. The van der Waals surface area contributed by atoms with Crippen molar-refractivity contribution in [1.82, 2.24) is 25.5 Å². The number of nitrogens with one attached hydrogen (secondary N) is 2. The minimum Gasteiger partial charge on any atom is -0.331 e. The Hall–Kier alpha value is -2.93. The molecule has 0 saturated heterocycles. The molecular formula is C17H17ClN6O. The topological polar surface area (TPSA) is 84.7 Å². The molecule has 3 rings (SSSR count). The Morgan fingerprint density at radius 1 is 1.20 bits per heavy atom. The van der Waals surface area contributed by atoms with E-state index in [1.54, 1.807) is 29.8 Å². The second kappa shape index (κ2) is 7.31. The van der Waals surface area contributed by atoms with Crippen molar-refractivity contribution in [1.29, 1.82) is 0 Å². The first kappa shape index (κ1) is 16.9. The van der Waals surface area contributed by atoms with Crippen molar-refractivity contribution in [2.75, 3.05) is 5.32 Å². The third-order valence-electron chi connectivity index (χ3n) is 3.67. The number of nitrogens with zero attached hydrogens (tertiary/aromatic N) is 4. The fourth-order valence-corrected chi connectivity index (χ4v) is 2.61. The van der Waals surface area contributed by atoms with Gasteiger partial charge in [-0.2, -0.15) is 4.68 Å². The van der Waals surface area contributed by atoms with E-state index < -0.39 is 0 Å². The number of carbonyl (C=O) groups is 1. The van der Waals surface area contributed by atoms with Gasteiger partial charge < -0.3 is 10.6 Å². The molecule has 8 heteroatoms. The number of carbonyl (C=O) groups excluding carboxylic acids is 1. The van der Waals surface area contributed by atoms with Gasteiger partial charge in [-0.25, -0.2) is 4.79 Å². The van der Waals surface area contributed by atoms with E-state index in [1.165, 1.54) is 0 Å². The normalized spacial score (nSPS) is 11.8. The van der Waals surface area contributed by atoms with Gasteiger partial charge in [-0.15, -0.1) is 5.10 Å². The van der Waals surface area contributed by atoms with Crippen LogP contribution in [0.25, 0.3) is 5.69 Å². The molecule has 0 spiro atoms. The summed E-state index contributed by atoms with van der Waals surface area (Å²) in [5.41, 5.74) is 2.34. The molecule has 7 nitrogen and oxygen atoms in total. The lowest BCUT2D eigenvalue weighted by atomic mass is 10.1. The molecule has 1 heterocycles. The van der Waals surface area contributed by atoms with E-state index in [4.69, 9.17) is 11.6 Å². The largest absolute Gasteiger partial charge is 0.331 e. The predicted molar refractivity (Wildman–Crippen MR) is 95.9 cm³/mol. The Balaban J connectivity index is 1.68. The number of urea groups is 1.